The molecular formula is C25H29N3O2. The monoisotopic (exact) mass is 403 g/mol. The van der Waals surface area contributed by atoms with E-state index in [0.29, 0.717) is 0 Å². The lowest BCUT2D eigenvalue weighted by Crippen LogP contribution is -2.51. The molecule has 1 unspecified atom stereocenters. The van der Waals surface area contributed by atoms with Crippen LogP contribution >= 0.6 is 0 Å². The number of fused-ring (bicyclic) bond motifs is 6. The maximum absolute atomic E-state index is 13.3. The maximum Gasteiger partial charge on any atom is 0.257 e. The molecule has 30 heavy (non-hydrogen) atoms. The van der Waals surface area contributed by atoms with Crippen molar-refractivity contribution >= 4 is 22.5 Å². The molecule has 5 nitrogen and oxygen atoms in total. The average molecular weight is 404 g/mol. The van der Waals surface area contributed by atoms with Crippen molar-refractivity contribution in [2.75, 3.05) is 25.1 Å². The fourth-order valence-corrected chi connectivity index (χ4v) is 5.28. The standard InChI is InChI=1S/C25H29N3O2/c1-26-21-12-6-5-11-20(21)25(30)28-16-14-19-18-10-4-7-13-22(18)27(23(19)24(26)28)15-8-2-3-9-17-29/h4-7,10-13,24,29H,2-3,8-9,14-17H2,1H3. The third-order valence-corrected chi connectivity index (χ3v) is 6.69. The highest BCUT2D eigenvalue weighted by Gasteiger charge is 2.42. The minimum Gasteiger partial charge on any atom is -0.396 e. The van der Waals surface area contributed by atoms with Crippen molar-refractivity contribution in [2.45, 2.75) is 44.8 Å². The number of anilines is 1. The number of hydrogen-bond acceptors (Lipinski definition) is 3. The van der Waals surface area contributed by atoms with E-state index in [4.69, 9.17) is 5.11 Å². The van der Waals surface area contributed by atoms with Crippen molar-refractivity contribution in [1.82, 2.24) is 9.47 Å². The molecule has 0 spiro atoms. The lowest BCUT2D eigenvalue weighted by Gasteiger charge is -2.46. The summed E-state index contributed by atoms with van der Waals surface area (Å²) in [7, 11) is 2.11. The minimum absolute atomic E-state index is 0.0685. The molecule has 5 heteroatoms. The lowest BCUT2D eigenvalue weighted by atomic mass is 9.96. The van der Waals surface area contributed by atoms with E-state index < -0.39 is 0 Å². The first-order valence-corrected chi connectivity index (χ1v) is 11.1. The van der Waals surface area contributed by atoms with Crippen LogP contribution in [0.3, 0.4) is 0 Å². The van der Waals surface area contributed by atoms with E-state index >= 15 is 0 Å². The highest BCUT2D eigenvalue weighted by atomic mass is 16.2. The largest absolute Gasteiger partial charge is 0.396 e. The fourth-order valence-electron chi connectivity index (χ4n) is 5.28. The number of nitrogens with zero attached hydrogens (tertiary/aromatic N) is 3. The first kappa shape index (κ1) is 19.2. The SMILES string of the molecule is CN1c2ccccc2C(=O)N2CCc3c(n(CCCCCCO)c4ccccc34)C21. The number of unbranched alkanes of at least 4 members (excludes halogenated alkanes) is 3. The van der Waals surface area contributed by atoms with E-state index in [1.807, 2.05) is 23.1 Å². The Labute approximate surface area is 177 Å². The van der Waals surface area contributed by atoms with E-state index in [2.05, 4.69) is 46.8 Å². The predicted molar refractivity (Wildman–Crippen MR) is 120 cm³/mol. The molecule has 3 aromatic rings. The zero-order chi connectivity index (χ0) is 20.7. The molecule has 2 aromatic carbocycles. The number of amides is 1. The molecule has 0 fully saturated rings. The van der Waals surface area contributed by atoms with Gasteiger partial charge in [0.25, 0.3) is 5.91 Å². The number of hydrogen-bond donors (Lipinski definition) is 1. The molecule has 1 amide bonds. The molecule has 2 aliphatic rings. The molecule has 2 aliphatic heterocycles. The van der Waals surface area contributed by atoms with Crippen molar-refractivity contribution in [1.29, 1.82) is 0 Å². The smallest absolute Gasteiger partial charge is 0.257 e. The van der Waals surface area contributed by atoms with Gasteiger partial charge in [0.05, 0.1) is 16.9 Å². The van der Waals surface area contributed by atoms with Gasteiger partial charge in [-0.05, 0) is 43.0 Å². The molecule has 156 valence electrons. The highest BCUT2D eigenvalue weighted by Crippen LogP contribution is 2.44. The summed E-state index contributed by atoms with van der Waals surface area (Å²) in [5.74, 6) is 0.138. The number of carbonyl (C=O) groups excluding carboxylic acids is 1. The Hall–Kier alpha value is -2.79. The van der Waals surface area contributed by atoms with Crippen molar-refractivity contribution in [3.8, 4) is 0 Å². The summed E-state index contributed by atoms with van der Waals surface area (Å²) in [6, 6.07) is 16.6. The zero-order valence-corrected chi connectivity index (χ0v) is 17.6. The summed E-state index contributed by atoms with van der Waals surface area (Å²) in [6.07, 6.45) is 4.93. The summed E-state index contributed by atoms with van der Waals surface area (Å²) >= 11 is 0. The number of para-hydroxylation sites is 2. The Morgan fingerprint density at radius 1 is 1.00 bits per heavy atom. The van der Waals surface area contributed by atoms with Crippen LogP contribution in [-0.4, -0.2) is 40.7 Å². The van der Waals surface area contributed by atoms with E-state index in [1.165, 1.54) is 22.2 Å². The summed E-state index contributed by atoms with van der Waals surface area (Å²) in [4.78, 5) is 17.7. The maximum atomic E-state index is 13.3. The molecule has 1 aromatic heterocycles. The molecule has 1 atom stereocenters. The van der Waals surface area contributed by atoms with E-state index in [0.717, 1.165) is 56.4 Å². The molecule has 0 bridgehead atoms. The van der Waals surface area contributed by atoms with Crippen molar-refractivity contribution in [2.24, 2.45) is 0 Å². The lowest BCUT2D eigenvalue weighted by molar-refractivity contribution is 0.0629. The van der Waals surface area contributed by atoms with E-state index in [1.54, 1.807) is 0 Å². The second-order valence-electron chi connectivity index (χ2n) is 8.42. The first-order valence-electron chi connectivity index (χ1n) is 11.1. The van der Waals surface area contributed by atoms with Crippen LogP contribution in [0.25, 0.3) is 10.9 Å². The van der Waals surface area contributed by atoms with Crippen LogP contribution < -0.4 is 4.90 Å². The Balaban J connectivity index is 1.60. The van der Waals surface area contributed by atoms with E-state index in [-0.39, 0.29) is 18.7 Å². The first-order chi connectivity index (χ1) is 14.7. The number of aryl methyl sites for hydroxylation is 1. The summed E-state index contributed by atoms with van der Waals surface area (Å²) in [5.41, 5.74) is 5.74. The van der Waals surface area contributed by atoms with Crippen LogP contribution in [0.2, 0.25) is 0 Å². The zero-order valence-electron chi connectivity index (χ0n) is 17.6. The van der Waals surface area contributed by atoms with Crippen LogP contribution in [0, 0.1) is 0 Å². The highest BCUT2D eigenvalue weighted by molar-refractivity contribution is 6.02. The van der Waals surface area contributed by atoms with Crippen LogP contribution in [-0.2, 0) is 13.0 Å². The number of rotatable bonds is 6. The van der Waals surface area contributed by atoms with Gasteiger partial charge in [-0.2, -0.15) is 0 Å². The molecule has 0 saturated carbocycles. The van der Waals surface area contributed by atoms with Gasteiger partial charge in [0.2, 0.25) is 0 Å². The number of aromatic nitrogens is 1. The summed E-state index contributed by atoms with van der Waals surface area (Å²) in [5, 5.41) is 10.4. The van der Waals surface area contributed by atoms with Crippen LogP contribution in [0.15, 0.2) is 48.5 Å². The van der Waals surface area contributed by atoms with Gasteiger partial charge in [-0.15, -0.1) is 0 Å². The second-order valence-corrected chi connectivity index (χ2v) is 8.42. The Kier molecular flexibility index (Phi) is 4.99. The molecule has 5 rings (SSSR count). The Morgan fingerprint density at radius 2 is 1.77 bits per heavy atom. The van der Waals surface area contributed by atoms with Gasteiger partial charge in [0.15, 0.2) is 0 Å². The summed E-state index contributed by atoms with van der Waals surface area (Å²) in [6.45, 7) is 1.96. The molecule has 0 aliphatic carbocycles. The van der Waals surface area contributed by atoms with Gasteiger partial charge in [0, 0.05) is 37.6 Å². The van der Waals surface area contributed by atoms with Crippen molar-refractivity contribution in [3.63, 3.8) is 0 Å². The van der Waals surface area contributed by atoms with Crippen LogP contribution in [0.5, 0.6) is 0 Å². The van der Waals surface area contributed by atoms with Crippen LogP contribution in [0.4, 0.5) is 5.69 Å². The Bertz CT molecular complexity index is 1090. The molecule has 3 heterocycles. The normalized spacial score (nSPS) is 17.8. The Morgan fingerprint density at radius 3 is 2.63 bits per heavy atom. The third-order valence-electron chi connectivity index (χ3n) is 6.69. The second kappa shape index (κ2) is 7.80. The minimum atomic E-state index is -0.0685. The van der Waals surface area contributed by atoms with Gasteiger partial charge in [-0.25, -0.2) is 0 Å². The number of aliphatic hydroxyl groups is 1. The van der Waals surface area contributed by atoms with Gasteiger partial charge in [-0.3, -0.25) is 4.79 Å². The number of benzene rings is 2. The molecule has 0 saturated heterocycles. The number of carbonyl (C=O) groups is 1. The van der Waals surface area contributed by atoms with Gasteiger partial charge in [0.1, 0.15) is 6.17 Å². The molecule has 0 radical (unpaired) electrons. The topological polar surface area (TPSA) is 48.7 Å². The predicted octanol–water partition coefficient (Wildman–Crippen LogP) is 4.34. The molecule has 1 N–H and O–H groups in total. The van der Waals surface area contributed by atoms with E-state index in [9.17, 15) is 4.79 Å². The van der Waals surface area contributed by atoms with Gasteiger partial charge < -0.3 is 19.5 Å². The average Bonchev–Trinajstić information content (AvgIpc) is 3.11. The number of aliphatic hydroxyl groups excluding tert-OH is 1. The van der Waals surface area contributed by atoms with Gasteiger partial charge in [-0.1, -0.05) is 43.2 Å². The quantitative estimate of drug-likeness (QED) is 0.623. The fraction of sp³-hybridized carbons (Fsp3) is 0.400. The van der Waals surface area contributed by atoms with Crippen molar-refractivity contribution < 1.29 is 9.90 Å². The van der Waals surface area contributed by atoms with Crippen LogP contribution in [0.1, 0.15) is 53.5 Å². The van der Waals surface area contributed by atoms with Crippen molar-refractivity contribution in [3.05, 3.63) is 65.4 Å². The third kappa shape index (κ3) is 2.91. The summed E-state index contributed by atoms with van der Waals surface area (Å²) < 4.78 is 2.46. The van der Waals surface area contributed by atoms with Gasteiger partial charge >= 0.3 is 0 Å². The molecular weight excluding hydrogens is 374 g/mol.